The largest absolute Gasteiger partial charge is 0.455 e. The van der Waals surface area contributed by atoms with Gasteiger partial charge in [0.15, 0.2) is 6.61 Å². The predicted octanol–water partition coefficient (Wildman–Crippen LogP) is 0.173. The van der Waals surface area contributed by atoms with Gasteiger partial charge >= 0.3 is 5.97 Å². The molecule has 4 nitrogen and oxygen atoms in total. The average Bonchev–Trinajstić information content (AvgIpc) is 1.98. The van der Waals surface area contributed by atoms with E-state index in [9.17, 15) is 9.59 Å². The summed E-state index contributed by atoms with van der Waals surface area (Å²) in [7, 11) is 0. The van der Waals surface area contributed by atoms with Gasteiger partial charge in [0.1, 0.15) is 4.83 Å². The van der Waals surface area contributed by atoms with Crippen LogP contribution in [0.5, 0.6) is 0 Å². The number of primary amides is 1. The van der Waals surface area contributed by atoms with Crippen molar-refractivity contribution in [3.8, 4) is 0 Å². The van der Waals surface area contributed by atoms with Gasteiger partial charge in [-0.15, -0.1) is 0 Å². The van der Waals surface area contributed by atoms with Crippen LogP contribution in [0, 0.1) is 0 Å². The van der Waals surface area contributed by atoms with Crippen LogP contribution in [-0.2, 0) is 14.3 Å². The van der Waals surface area contributed by atoms with Gasteiger partial charge in [0.05, 0.1) is 0 Å². The zero-order valence-corrected chi connectivity index (χ0v) is 8.72. The van der Waals surface area contributed by atoms with Crippen molar-refractivity contribution in [3.63, 3.8) is 0 Å². The molecule has 11 heavy (non-hydrogen) atoms. The highest BCUT2D eigenvalue weighted by Gasteiger charge is 2.14. The van der Waals surface area contributed by atoms with Crippen LogP contribution in [-0.4, -0.2) is 28.6 Å². The molecule has 0 bridgehead atoms. The van der Waals surface area contributed by atoms with Gasteiger partial charge in [-0.05, 0) is 0 Å². The summed E-state index contributed by atoms with van der Waals surface area (Å²) in [5, 5.41) is 0.435. The molecule has 0 aromatic carbocycles. The van der Waals surface area contributed by atoms with E-state index in [4.69, 9.17) is 5.73 Å². The van der Waals surface area contributed by atoms with E-state index < -0.39 is 16.7 Å². The van der Waals surface area contributed by atoms with Crippen molar-refractivity contribution in [3.05, 3.63) is 0 Å². The van der Waals surface area contributed by atoms with Crippen molar-refractivity contribution in [2.24, 2.45) is 5.73 Å². The molecule has 0 aliphatic heterocycles. The lowest BCUT2D eigenvalue weighted by Crippen LogP contribution is -2.25. The average molecular weight is 289 g/mol. The van der Waals surface area contributed by atoms with Gasteiger partial charge in [-0.1, -0.05) is 31.9 Å². The Morgan fingerprint density at radius 3 is 2.45 bits per heavy atom. The van der Waals surface area contributed by atoms with E-state index in [1.165, 1.54) is 0 Å². The first-order chi connectivity index (χ1) is 5.07. The Hall–Kier alpha value is -0.100. The molecule has 64 valence electrons. The summed E-state index contributed by atoms with van der Waals surface area (Å²) in [4.78, 5) is 20.5. The summed E-state index contributed by atoms with van der Waals surface area (Å²) in [5.74, 6) is -1.16. The molecule has 0 heterocycles. The molecule has 0 saturated heterocycles. The van der Waals surface area contributed by atoms with Crippen LogP contribution in [0.15, 0.2) is 0 Å². The monoisotopic (exact) mass is 287 g/mol. The van der Waals surface area contributed by atoms with Crippen LogP contribution in [0.25, 0.3) is 0 Å². The summed E-state index contributed by atoms with van der Waals surface area (Å²) in [6.07, 6.45) is 0. The molecule has 0 fully saturated rings. The predicted molar refractivity (Wildman–Crippen MR) is 46.7 cm³/mol. The van der Waals surface area contributed by atoms with E-state index in [0.29, 0.717) is 5.33 Å². The van der Waals surface area contributed by atoms with E-state index in [1.54, 1.807) is 0 Å². The van der Waals surface area contributed by atoms with Gasteiger partial charge in [-0.2, -0.15) is 0 Å². The quantitative estimate of drug-likeness (QED) is 0.592. The number of nitrogens with two attached hydrogens (primary N) is 1. The minimum atomic E-state index is -0.660. The minimum absolute atomic E-state index is 0.367. The topological polar surface area (TPSA) is 69.4 Å². The Kier molecular flexibility index (Phi) is 5.49. The van der Waals surface area contributed by atoms with Crippen LogP contribution in [0.2, 0.25) is 0 Å². The lowest BCUT2D eigenvalue weighted by Gasteiger charge is -2.04. The third-order valence-corrected chi connectivity index (χ3v) is 2.96. The smallest absolute Gasteiger partial charge is 0.321 e. The maximum absolute atomic E-state index is 10.8. The first-order valence-corrected chi connectivity index (χ1v) is 4.76. The van der Waals surface area contributed by atoms with E-state index >= 15 is 0 Å². The number of rotatable bonds is 4. The van der Waals surface area contributed by atoms with Crippen LogP contribution in [0.1, 0.15) is 0 Å². The lowest BCUT2D eigenvalue weighted by molar-refractivity contribution is -0.146. The van der Waals surface area contributed by atoms with Gasteiger partial charge in [-0.3, -0.25) is 9.59 Å². The van der Waals surface area contributed by atoms with Crippen molar-refractivity contribution >= 4 is 43.7 Å². The number of esters is 1. The molecular formula is C5H7Br2NO3. The molecule has 1 atom stereocenters. The highest BCUT2D eigenvalue weighted by Crippen LogP contribution is 2.05. The lowest BCUT2D eigenvalue weighted by atomic mass is 10.5. The van der Waals surface area contributed by atoms with E-state index in [2.05, 4.69) is 36.6 Å². The number of alkyl halides is 2. The zero-order valence-electron chi connectivity index (χ0n) is 5.55. The second-order valence-electron chi connectivity index (χ2n) is 1.70. The summed E-state index contributed by atoms with van der Waals surface area (Å²) in [6.45, 7) is -0.367. The number of hydrogen-bond acceptors (Lipinski definition) is 3. The molecule has 0 aromatic heterocycles. The minimum Gasteiger partial charge on any atom is -0.455 e. The Morgan fingerprint density at radius 1 is 1.55 bits per heavy atom. The number of hydrogen-bond donors (Lipinski definition) is 1. The van der Waals surface area contributed by atoms with Crippen molar-refractivity contribution < 1.29 is 14.3 Å². The van der Waals surface area contributed by atoms with E-state index in [0.717, 1.165) is 0 Å². The van der Waals surface area contributed by atoms with Crippen molar-refractivity contribution in [1.29, 1.82) is 0 Å². The molecule has 2 N–H and O–H groups in total. The van der Waals surface area contributed by atoms with Crippen molar-refractivity contribution in [2.45, 2.75) is 4.83 Å². The maximum atomic E-state index is 10.8. The second-order valence-corrected chi connectivity index (χ2v) is 3.45. The van der Waals surface area contributed by atoms with Crippen LogP contribution in [0.3, 0.4) is 0 Å². The van der Waals surface area contributed by atoms with Crippen molar-refractivity contribution in [2.75, 3.05) is 11.9 Å². The number of carbonyl (C=O) groups excluding carboxylic acids is 2. The van der Waals surface area contributed by atoms with E-state index in [1.807, 2.05) is 0 Å². The normalized spacial score (nSPS) is 12.2. The van der Waals surface area contributed by atoms with Gasteiger partial charge in [0, 0.05) is 5.33 Å². The summed E-state index contributed by atoms with van der Waals surface area (Å²) in [5.41, 5.74) is 4.74. The fraction of sp³-hybridized carbons (Fsp3) is 0.600. The second kappa shape index (κ2) is 5.54. The highest BCUT2D eigenvalue weighted by molar-refractivity contribution is 9.12. The summed E-state index contributed by atoms with van der Waals surface area (Å²) >= 11 is 6.08. The van der Waals surface area contributed by atoms with E-state index in [-0.39, 0.29) is 6.61 Å². The Morgan fingerprint density at radius 2 is 2.09 bits per heavy atom. The van der Waals surface area contributed by atoms with Crippen molar-refractivity contribution in [1.82, 2.24) is 0 Å². The number of carbonyl (C=O) groups is 2. The Bertz CT molecular complexity index is 162. The Labute approximate surface area is 80.7 Å². The standard InChI is InChI=1S/C5H7Br2NO3/c6-1-3(7)5(10)11-2-4(8)9/h3H,1-2H2,(H2,8,9). The highest BCUT2D eigenvalue weighted by atomic mass is 79.9. The van der Waals surface area contributed by atoms with Gasteiger partial charge in [0.25, 0.3) is 5.91 Å². The molecular weight excluding hydrogens is 282 g/mol. The molecule has 1 unspecified atom stereocenters. The van der Waals surface area contributed by atoms with Gasteiger partial charge in [0.2, 0.25) is 0 Å². The summed E-state index contributed by atoms with van der Waals surface area (Å²) < 4.78 is 4.47. The molecule has 1 amide bonds. The van der Waals surface area contributed by atoms with Crippen LogP contribution < -0.4 is 5.73 Å². The fourth-order valence-corrected chi connectivity index (χ4v) is 0.692. The fourth-order valence-electron chi connectivity index (χ4n) is 0.296. The molecule has 0 saturated carbocycles. The van der Waals surface area contributed by atoms with Gasteiger partial charge in [-0.25, -0.2) is 0 Å². The molecule has 0 spiro atoms. The molecule has 0 aliphatic carbocycles. The molecule has 0 aliphatic rings. The molecule has 0 aromatic rings. The first kappa shape index (κ1) is 10.9. The Balaban J connectivity index is 3.60. The number of amides is 1. The van der Waals surface area contributed by atoms with Crippen LogP contribution in [0.4, 0.5) is 0 Å². The van der Waals surface area contributed by atoms with Gasteiger partial charge < -0.3 is 10.5 Å². The number of ether oxygens (including phenoxy) is 1. The third kappa shape index (κ3) is 5.20. The maximum Gasteiger partial charge on any atom is 0.321 e. The summed E-state index contributed by atoms with van der Waals surface area (Å²) in [6, 6.07) is 0. The zero-order chi connectivity index (χ0) is 8.85. The van der Waals surface area contributed by atoms with Crippen LogP contribution >= 0.6 is 31.9 Å². The molecule has 0 radical (unpaired) electrons. The SMILES string of the molecule is NC(=O)COC(=O)C(Br)CBr. The molecule has 0 rings (SSSR count). The number of halogens is 2. The molecule has 6 heteroatoms. The third-order valence-electron chi connectivity index (χ3n) is 0.748. The first-order valence-electron chi connectivity index (χ1n) is 2.73.